The number of aryl methyl sites for hydroxylation is 2. The Kier molecular flexibility index (Phi) is 6.63. The lowest BCUT2D eigenvalue weighted by Crippen LogP contribution is -2.32. The molecule has 8 nitrogen and oxygen atoms in total. The van der Waals surface area contributed by atoms with Crippen LogP contribution < -0.4 is 20.1 Å². The molecule has 0 aliphatic heterocycles. The molecule has 2 rings (SSSR count). The van der Waals surface area contributed by atoms with Crippen molar-refractivity contribution in [2.45, 2.75) is 13.8 Å². The number of amides is 2. The molecule has 0 atom stereocenters. The van der Waals surface area contributed by atoms with E-state index in [2.05, 4.69) is 15.4 Å². The average molecular weight is 405 g/mol. The van der Waals surface area contributed by atoms with Gasteiger partial charge < -0.3 is 15.4 Å². The second-order valence-corrected chi connectivity index (χ2v) is 8.07. The van der Waals surface area contributed by atoms with Gasteiger partial charge in [0, 0.05) is 17.3 Å². The molecule has 0 saturated heterocycles. The van der Waals surface area contributed by atoms with E-state index >= 15 is 0 Å². The number of anilines is 2. The summed E-state index contributed by atoms with van der Waals surface area (Å²) < 4.78 is 30.2. The van der Waals surface area contributed by atoms with Crippen molar-refractivity contribution in [3.05, 3.63) is 53.1 Å². The highest BCUT2D eigenvalue weighted by Gasteiger charge is 2.12. The summed E-state index contributed by atoms with van der Waals surface area (Å²) in [6, 6.07) is 9.80. The number of methoxy groups -OCH3 is 1. The zero-order valence-electron chi connectivity index (χ0n) is 16.1. The molecule has 3 N–H and O–H groups in total. The van der Waals surface area contributed by atoms with E-state index in [1.165, 1.54) is 25.3 Å². The quantitative estimate of drug-likeness (QED) is 0.652. The Labute approximate surface area is 164 Å². The molecule has 0 saturated carbocycles. The van der Waals surface area contributed by atoms with Gasteiger partial charge in [-0.3, -0.25) is 14.3 Å². The summed E-state index contributed by atoms with van der Waals surface area (Å²) in [5.41, 5.74) is 3.21. The number of hydrogen-bond donors (Lipinski definition) is 3. The van der Waals surface area contributed by atoms with Crippen LogP contribution in [0.5, 0.6) is 5.75 Å². The van der Waals surface area contributed by atoms with Crippen LogP contribution in [0, 0.1) is 13.8 Å². The van der Waals surface area contributed by atoms with E-state index in [4.69, 9.17) is 4.74 Å². The summed E-state index contributed by atoms with van der Waals surface area (Å²) in [7, 11) is -2.07. The first-order chi connectivity index (χ1) is 13.1. The maximum absolute atomic E-state index is 12.2. The lowest BCUT2D eigenvalue weighted by atomic mass is 10.1. The smallest absolute Gasteiger partial charge is 0.251 e. The molecule has 0 unspecified atom stereocenters. The lowest BCUT2D eigenvalue weighted by Gasteiger charge is -2.12. The number of ether oxygens (including phenoxy) is 1. The fraction of sp³-hybridized carbons (Fsp3) is 0.263. The van der Waals surface area contributed by atoms with Gasteiger partial charge >= 0.3 is 0 Å². The molecule has 2 aromatic rings. The average Bonchev–Trinajstić information content (AvgIpc) is 2.62. The summed E-state index contributed by atoms with van der Waals surface area (Å²) in [6.45, 7) is 3.65. The molecule has 0 bridgehead atoms. The third kappa shape index (κ3) is 5.98. The van der Waals surface area contributed by atoms with E-state index in [0.29, 0.717) is 11.3 Å². The molecular weight excluding hydrogens is 382 g/mol. The SMILES string of the molecule is COc1cc(NC(=O)CNC(=O)c2ccc(C)c(C)c2)ccc1NS(C)(=O)=O. The van der Waals surface area contributed by atoms with Gasteiger partial charge in [0.05, 0.1) is 25.6 Å². The summed E-state index contributed by atoms with van der Waals surface area (Å²) in [5, 5.41) is 5.19. The number of carbonyl (C=O) groups excluding carboxylic acids is 2. The molecule has 2 aromatic carbocycles. The van der Waals surface area contributed by atoms with Crippen LogP contribution in [0.15, 0.2) is 36.4 Å². The molecular formula is C19H23N3O5S. The van der Waals surface area contributed by atoms with Gasteiger partial charge in [-0.05, 0) is 49.2 Å². The second-order valence-electron chi connectivity index (χ2n) is 6.32. The van der Waals surface area contributed by atoms with Crippen molar-refractivity contribution in [3.63, 3.8) is 0 Å². The van der Waals surface area contributed by atoms with Crippen molar-refractivity contribution in [2.24, 2.45) is 0 Å². The van der Waals surface area contributed by atoms with Crippen LogP contribution in [0.1, 0.15) is 21.5 Å². The van der Waals surface area contributed by atoms with E-state index in [1.54, 1.807) is 12.1 Å². The summed E-state index contributed by atoms with van der Waals surface area (Å²) >= 11 is 0. The van der Waals surface area contributed by atoms with Gasteiger partial charge in [0.2, 0.25) is 15.9 Å². The first-order valence-corrected chi connectivity index (χ1v) is 10.3. The minimum absolute atomic E-state index is 0.211. The molecule has 28 heavy (non-hydrogen) atoms. The van der Waals surface area contributed by atoms with Crippen LogP contribution in [0.4, 0.5) is 11.4 Å². The number of nitrogens with one attached hydrogen (secondary N) is 3. The number of benzene rings is 2. The minimum atomic E-state index is -3.46. The molecule has 0 heterocycles. The zero-order valence-corrected chi connectivity index (χ0v) is 16.9. The minimum Gasteiger partial charge on any atom is -0.494 e. The van der Waals surface area contributed by atoms with Crippen LogP contribution in [0.25, 0.3) is 0 Å². The number of hydrogen-bond acceptors (Lipinski definition) is 5. The third-order valence-corrected chi connectivity index (χ3v) is 4.55. The van der Waals surface area contributed by atoms with Crippen LogP contribution in [-0.4, -0.2) is 40.1 Å². The van der Waals surface area contributed by atoms with E-state index in [-0.39, 0.29) is 23.9 Å². The van der Waals surface area contributed by atoms with Crippen molar-refractivity contribution < 1.29 is 22.7 Å². The standard InChI is InChI=1S/C19H23N3O5S/c1-12-5-6-14(9-13(12)2)19(24)20-11-18(23)21-15-7-8-16(17(10-15)27-3)22-28(4,25)26/h5-10,22H,11H2,1-4H3,(H,20,24)(H,21,23). The van der Waals surface area contributed by atoms with E-state index in [0.717, 1.165) is 17.4 Å². The van der Waals surface area contributed by atoms with Gasteiger partial charge in [0.1, 0.15) is 5.75 Å². The normalized spacial score (nSPS) is 10.9. The Hall–Kier alpha value is -3.07. The monoisotopic (exact) mass is 405 g/mol. The third-order valence-electron chi connectivity index (χ3n) is 3.96. The number of sulfonamides is 1. The largest absolute Gasteiger partial charge is 0.494 e. The van der Waals surface area contributed by atoms with Crippen LogP contribution in [0.3, 0.4) is 0 Å². The van der Waals surface area contributed by atoms with Gasteiger partial charge in [0.15, 0.2) is 0 Å². The molecule has 0 aromatic heterocycles. The molecule has 150 valence electrons. The second kappa shape index (κ2) is 8.75. The fourth-order valence-electron chi connectivity index (χ4n) is 2.40. The van der Waals surface area contributed by atoms with Gasteiger partial charge in [0.25, 0.3) is 5.91 Å². The molecule has 2 amide bonds. The fourth-order valence-corrected chi connectivity index (χ4v) is 2.97. The summed E-state index contributed by atoms with van der Waals surface area (Å²) in [6.07, 6.45) is 1.03. The molecule has 0 aliphatic carbocycles. The summed E-state index contributed by atoms with van der Waals surface area (Å²) in [4.78, 5) is 24.3. The van der Waals surface area contributed by atoms with Gasteiger partial charge in [-0.15, -0.1) is 0 Å². The molecule has 0 radical (unpaired) electrons. The topological polar surface area (TPSA) is 114 Å². The van der Waals surface area contributed by atoms with Gasteiger partial charge in [-0.1, -0.05) is 6.07 Å². The van der Waals surface area contributed by atoms with Crippen molar-refractivity contribution in [1.82, 2.24) is 5.32 Å². The molecule has 0 aliphatic rings. The first-order valence-electron chi connectivity index (χ1n) is 8.40. The van der Waals surface area contributed by atoms with Crippen molar-refractivity contribution in [2.75, 3.05) is 29.9 Å². The molecule has 0 spiro atoms. The van der Waals surface area contributed by atoms with Gasteiger partial charge in [-0.25, -0.2) is 8.42 Å². The maximum atomic E-state index is 12.2. The number of rotatable bonds is 7. The van der Waals surface area contributed by atoms with Crippen molar-refractivity contribution >= 4 is 33.2 Å². The van der Waals surface area contributed by atoms with E-state index < -0.39 is 15.9 Å². The highest BCUT2D eigenvalue weighted by molar-refractivity contribution is 7.92. The Balaban J connectivity index is 1.98. The van der Waals surface area contributed by atoms with E-state index in [1.807, 2.05) is 19.9 Å². The van der Waals surface area contributed by atoms with Crippen LogP contribution in [-0.2, 0) is 14.8 Å². The predicted octanol–water partition coefficient (Wildman–Crippen LogP) is 2.05. The molecule has 9 heteroatoms. The highest BCUT2D eigenvalue weighted by Crippen LogP contribution is 2.28. The number of carbonyl (C=O) groups is 2. The Morgan fingerprint density at radius 3 is 2.36 bits per heavy atom. The predicted molar refractivity (Wildman–Crippen MR) is 108 cm³/mol. The Bertz CT molecular complexity index is 1000. The Morgan fingerprint density at radius 2 is 1.75 bits per heavy atom. The summed E-state index contributed by atoms with van der Waals surface area (Å²) in [5.74, 6) is -0.519. The van der Waals surface area contributed by atoms with Crippen molar-refractivity contribution in [1.29, 1.82) is 0 Å². The molecule has 0 fully saturated rings. The van der Waals surface area contributed by atoms with Crippen LogP contribution >= 0.6 is 0 Å². The first kappa shape index (κ1) is 21.2. The van der Waals surface area contributed by atoms with Crippen molar-refractivity contribution in [3.8, 4) is 5.75 Å². The Morgan fingerprint density at radius 1 is 1.04 bits per heavy atom. The highest BCUT2D eigenvalue weighted by atomic mass is 32.2. The zero-order chi connectivity index (χ0) is 20.9. The van der Waals surface area contributed by atoms with E-state index in [9.17, 15) is 18.0 Å². The maximum Gasteiger partial charge on any atom is 0.251 e. The van der Waals surface area contributed by atoms with Gasteiger partial charge in [-0.2, -0.15) is 0 Å². The van der Waals surface area contributed by atoms with Crippen LogP contribution in [0.2, 0.25) is 0 Å². The lowest BCUT2D eigenvalue weighted by molar-refractivity contribution is -0.115.